The van der Waals surface area contributed by atoms with Crippen molar-refractivity contribution in [2.75, 3.05) is 12.3 Å². The highest BCUT2D eigenvalue weighted by Gasteiger charge is 2.42. The molecule has 9 nitrogen and oxygen atoms in total. The molecule has 114 valence electrons. The number of fused-ring (bicyclic) bond motifs is 1. The molecule has 1 unspecified atom stereocenters. The molecule has 21 heavy (non-hydrogen) atoms. The average molecular weight is 298 g/mol. The molecule has 0 radical (unpaired) electrons. The fraction of sp³-hybridized carbons (Fsp3) is 0.545. The van der Waals surface area contributed by atoms with Crippen LogP contribution in [0.3, 0.4) is 0 Å². The number of rotatable bonds is 3. The molecular weight excluding hydrogens is 284 g/mol. The molecule has 0 saturated carbocycles. The van der Waals surface area contributed by atoms with Gasteiger partial charge in [0.1, 0.15) is 29.9 Å². The first-order valence-corrected chi connectivity index (χ1v) is 6.27. The van der Waals surface area contributed by atoms with Gasteiger partial charge < -0.3 is 30.4 Å². The van der Waals surface area contributed by atoms with Crippen molar-refractivity contribution in [3.05, 3.63) is 12.4 Å². The number of aliphatic hydroxyl groups excluding tert-OH is 3. The summed E-state index contributed by atoms with van der Waals surface area (Å²) in [4.78, 5) is 11.0. The van der Waals surface area contributed by atoms with Crippen LogP contribution in [-0.4, -0.2) is 65.9 Å². The molecular formula is C11H14FN5O4. The van der Waals surface area contributed by atoms with Gasteiger partial charge in [-0.25, -0.2) is 4.98 Å². The Bertz CT molecular complexity index is 665. The number of hydrogen-bond acceptors (Lipinski definition) is 8. The van der Waals surface area contributed by atoms with E-state index in [0.717, 1.165) is 0 Å². The van der Waals surface area contributed by atoms with Gasteiger partial charge in [0.15, 0.2) is 11.5 Å². The lowest BCUT2D eigenvalue weighted by Gasteiger charge is -2.15. The Hall–Kier alpha value is -1.88. The molecule has 0 aromatic carbocycles. The summed E-state index contributed by atoms with van der Waals surface area (Å²) < 4.78 is 20.0. The van der Waals surface area contributed by atoms with E-state index in [4.69, 9.17) is 15.6 Å². The van der Waals surface area contributed by atoms with Gasteiger partial charge in [-0.05, 0) is 0 Å². The summed E-state index contributed by atoms with van der Waals surface area (Å²) in [6.07, 6.45) is -3.63. The summed E-state index contributed by atoms with van der Waals surface area (Å²) in [5, 5.41) is 28.6. The number of aromatic nitrogens is 4. The highest BCUT2D eigenvalue weighted by Crippen LogP contribution is 2.24. The van der Waals surface area contributed by atoms with Gasteiger partial charge in [-0.15, -0.1) is 0 Å². The number of hydrogen-bond donors (Lipinski definition) is 4. The molecule has 0 bridgehead atoms. The minimum Gasteiger partial charge on any atom is -0.394 e. The third-order valence-electron chi connectivity index (χ3n) is 3.48. The molecule has 10 heteroatoms. The van der Waals surface area contributed by atoms with Crippen molar-refractivity contribution in [2.24, 2.45) is 0 Å². The quantitative estimate of drug-likeness (QED) is 0.478. The topological polar surface area (TPSA) is 140 Å². The summed E-state index contributed by atoms with van der Waals surface area (Å²) in [6.45, 7) is -0.343. The molecule has 0 spiro atoms. The van der Waals surface area contributed by atoms with E-state index in [1.165, 1.54) is 10.9 Å². The van der Waals surface area contributed by atoms with Gasteiger partial charge >= 0.3 is 6.08 Å². The standard InChI is InChI=1S/C11H14FN5O4/c12-11-15-9(13)6-10(16-11)17(3-14-6)1-4-7(19)8(20)5(2-18)21-4/h3-5,7-8,18-20H,1-2H2,(H2,13,15,16)/t4-,5+,7+,8?/m0/s1/i12-1. The van der Waals surface area contributed by atoms with Crippen molar-refractivity contribution in [3.8, 4) is 0 Å². The number of anilines is 1. The Morgan fingerprint density at radius 3 is 2.67 bits per heavy atom. The summed E-state index contributed by atoms with van der Waals surface area (Å²) in [7, 11) is 0. The minimum atomic E-state index is -1.19. The Morgan fingerprint density at radius 2 is 2.00 bits per heavy atom. The first-order valence-electron chi connectivity index (χ1n) is 6.27. The van der Waals surface area contributed by atoms with Crippen LogP contribution in [0.1, 0.15) is 0 Å². The molecule has 1 fully saturated rings. The number of nitrogens with zero attached hydrogens (tertiary/aromatic N) is 4. The second-order valence-corrected chi connectivity index (χ2v) is 4.82. The fourth-order valence-corrected chi connectivity index (χ4v) is 2.39. The zero-order chi connectivity index (χ0) is 15.1. The van der Waals surface area contributed by atoms with Crippen LogP contribution in [0, 0.1) is 6.08 Å². The molecule has 3 heterocycles. The third-order valence-corrected chi connectivity index (χ3v) is 3.48. The second kappa shape index (κ2) is 5.15. The molecule has 0 amide bonds. The van der Waals surface area contributed by atoms with Gasteiger partial charge in [-0.1, -0.05) is 0 Å². The van der Waals surface area contributed by atoms with Gasteiger partial charge in [-0.2, -0.15) is 14.4 Å². The minimum absolute atomic E-state index is 0.0706. The van der Waals surface area contributed by atoms with Crippen molar-refractivity contribution in [1.82, 2.24) is 19.5 Å². The first kappa shape index (κ1) is 14.1. The van der Waals surface area contributed by atoms with Crippen LogP contribution in [0.2, 0.25) is 0 Å². The van der Waals surface area contributed by atoms with Gasteiger partial charge in [0.2, 0.25) is 0 Å². The van der Waals surface area contributed by atoms with E-state index < -0.39 is 37.1 Å². The smallest absolute Gasteiger partial charge is 0.312 e. The maximum atomic E-state index is 13.2. The van der Waals surface area contributed by atoms with Crippen molar-refractivity contribution >= 4 is 17.0 Å². The van der Waals surface area contributed by atoms with Gasteiger partial charge in [0.25, 0.3) is 0 Å². The monoisotopic (exact) mass is 298 g/mol. The summed E-state index contributed by atoms with van der Waals surface area (Å²) in [6, 6.07) is 0. The molecule has 5 N–H and O–H groups in total. The Labute approximate surface area is 117 Å². The number of halogens is 1. The molecule has 4 atom stereocenters. The van der Waals surface area contributed by atoms with Crippen molar-refractivity contribution in [3.63, 3.8) is 0 Å². The Balaban J connectivity index is 1.89. The molecule has 2 aromatic rings. The summed E-state index contributed by atoms with van der Waals surface area (Å²) >= 11 is 0. The van der Waals surface area contributed by atoms with E-state index in [-0.39, 0.29) is 23.5 Å². The second-order valence-electron chi connectivity index (χ2n) is 4.82. The maximum absolute atomic E-state index is 13.2. The van der Waals surface area contributed by atoms with Crippen LogP contribution in [-0.2, 0) is 11.3 Å². The zero-order valence-corrected chi connectivity index (χ0v) is 10.8. The van der Waals surface area contributed by atoms with Crippen LogP contribution >= 0.6 is 0 Å². The van der Waals surface area contributed by atoms with Crippen LogP contribution in [0.15, 0.2) is 6.33 Å². The highest BCUT2D eigenvalue weighted by molar-refractivity contribution is 5.81. The van der Waals surface area contributed by atoms with Crippen LogP contribution in [0.25, 0.3) is 11.2 Å². The number of nitrogen functional groups attached to an aromatic ring is 1. The molecule has 1 saturated heterocycles. The number of aliphatic hydroxyl groups is 3. The normalized spacial score (nSPS) is 29.3. The maximum Gasteiger partial charge on any atom is 0.312 e. The Morgan fingerprint density at radius 1 is 1.29 bits per heavy atom. The van der Waals surface area contributed by atoms with Crippen molar-refractivity contribution in [1.29, 1.82) is 0 Å². The fourth-order valence-electron chi connectivity index (χ4n) is 2.39. The molecule has 1 aliphatic rings. The molecule has 2 aromatic heterocycles. The van der Waals surface area contributed by atoms with Gasteiger partial charge in [-0.3, -0.25) is 0 Å². The van der Waals surface area contributed by atoms with Crippen molar-refractivity contribution in [2.45, 2.75) is 31.0 Å². The molecule has 0 aliphatic carbocycles. The molecule has 1 aliphatic heterocycles. The number of imidazole rings is 1. The van der Waals surface area contributed by atoms with Crippen LogP contribution in [0.4, 0.5) is 10.2 Å². The van der Waals surface area contributed by atoms with E-state index in [0.29, 0.717) is 0 Å². The van der Waals surface area contributed by atoms with Gasteiger partial charge in [0, 0.05) is 0 Å². The lowest BCUT2D eigenvalue weighted by atomic mass is 10.1. The number of ether oxygens (including phenoxy) is 1. The summed E-state index contributed by atoms with van der Waals surface area (Å²) in [5.41, 5.74) is 5.95. The number of nitrogens with two attached hydrogens (primary N) is 1. The Kier molecular flexibility index (Phi) is 3.45. The predicted molar refractivity (Wildman–Crippen MR) is 67.5 cm³/mol. The van der Waals surface area contributed by atoms with Crippen LogP contribution in [0.5, 0.6) is 0 Å². The SMILES string of the molecule is Nc1nc([18F])nc2c1ncn2C[C@@H]1O[C@H](CO)C(O)[C@@H]1O. The average Bonchev–Trinajstić information content (AvgIpc) is 2.96. The van der Waals surface area contributed by atoms with E-state index in [1.807, 2.05) is 0 Å². The first-order chi connectivity index (χ1) is 10.0. The van der Waals surface area contributed by atoms with E-state index in [1.54, 1.807) is 0 Å². The van der Waals surface area contributed by atoms with E-state index >= 15 is 0 Å². The predicted octanol–water partition coefficient (Wildman–Crippen LogP) is -1.97. The van der Waals surface area contributed by atoms with Crippen molar-refractivity contribution < 1.29 is 24.4 Å². The largest absolute Gasteiger partial charge is 0.394 e. The lowest BCUT2D eigenvalue weighted by Crippen LogP contribution is -2.35. The van der Waals surface area contributed by atoms with Crippen LogP contribution < -0.4 is 5.73 Å². The summed E-state index contributed by atoms with van der Waals surface area (Å²) in [5.74, 6) is -0.0857. The lowest BCUT2D eigenvalue weighted by molar-refractivity contribution is -0.0262. The van der Waals surface area contributed by atoms with E-state index in [2.05, 4.69) is 15.0 Å². The zero-order valence-electron chi connectivity index (χ0n) is 10.8. The molecule has 3 rings (SSSR count). The van der Waals surface area contributed by atoms with Gasteiger partial charge in [0.05, 0.1) is 19.5 Å². The van der Waals surface area contributed by atoms with E-state index in [9.17, 15) is 14.6 Å². The highest BCUT2D eigenvalue weighted by atomic mass is 18.2. The third kappa shape index (κ3) is 2.31.